The van der Waals surface area contributed by atoms with Crippen molar-refractivity contribution in [2.45, 2.75) is 25.9 Å². The second kappa shape index (κ2) is 5.57. The van der Waals surface area contributed by atoms with Crippen LogP contribution in [0.25, 0.3) is 0 Å². The molecular formula is C14H19FN2O2. The Morgan fingerprint density at radius 3 is 2.84 bits per heavy atom. The fraction of sp³-hybridized carbons (Fsp3) is 0.500. The number of ether oxygens (including phenoxy) is 1. The van der Waals surface area contributed by atoms with Gasteiger partial charge in [-0.15, -0.1) is 0 Å². The summed E-state index contributed by atoms with van der Waals surface area (Å²) < 4.78 is 18.9. The summed E-state index contributed by atoms with van der Waals surface area (Å²) in [5.41, 5.74) is 0.0988. The zero-order valence-corrected chi connectivity index (χ0v) is 11.4. The smallest absolute Gasteiger partial charge is 0.257 e. The van der Waals surface area contributed by atoms with Gasteiger partial charge in [0, 0.05) is 31.2 Å². The van der Waals surface area contributed by atoms with Crippen LogP contribution in [0.2, 0.25) is 0 Å². The molecule has 1 aliphatic heterocycles. The van der Waals surface area contributed by atoms with E-state index in [9.17, 15) is 9.18 Å². The number of benzene rings is 1. The molecule has 0 aromatic heterocycles. The van der Waals surface area contributed by atoms with Gasteiger partial charge in [0.25, 0.3) is 5.91 Å². The highest BCUT2D eigenvalue weighted by Crippen LogP contribution is 2.19. The van der Waals surface area contributed by atoms with Crippen LogP contribution in [0, 0.1) is 5.82 Å². The third kappa shape index (κ3) is 2.87. The van der Waals surface area contributed by atoms with Gasteiger partial charge in [0.2, 0.25) is 0 Å². The molecule has 104 valence electrons. The number of hydrogen-bond donors (Lipinski definition) is 1. The molecule has 5 heteroatoms. The van der Waals surface area contributed by atoms with Gasteiger partial charge in [0.05, 0.1) is 12.7 Å². The number of amides is 1. The van der Waals surface area contributed by atoms with E-state index in [1.54, 1.807) is 11.0 Å². The van der Waals surface area contributed by atoms with E-state index in [2.05, 4.69) is 5.32 Å². The molecule has 1 aromatic rings. The number of carbonyl (C=O) groups excluding carboxylic acids is 1. The Morgan fingerprint density at radius 2 is 2.21 bits per heavy atom. The molecule has 0 aliphatic carbocycles. The number of nitrogens with one attached hydrogen (secondary N) is 1. The third-order valence-electron chi connectivity index (χ3n) is 3.43. The highest BCUT2D eigenvalue weighted by Gasteiger charge is 2.28. The molecule has 1 heterocycles. The first-order valence-corrected chi connectivity index (χ1v) is 6.40. The lowest BCUT2D eigenvalue weighted by Gasteiger charge is -2.37. The maximum Gasteiger partial charge on any atom is 0.257 e. The first kappa shape index (κ1) is 13.8. The van der Waals surface area contributed by atoms with Crippen molar-refractivity contribution < 1.29 is 13.9 Å². The maximum atomic E-state index is 13.9. The number of piperazine rings is 1. The van der Waals surface area contributed by atoms with Crippen molar-refractivity contribution in [3.8, 4) is 5.75 Å². The molecule has 1 aromatic carbocycles. The van der Waals surface area contributed by atoms with Crippen molar-refractivity contribution in [3.63, 3.8) is 0 Å². The van der Waals surface area contributed by atoms with Crippen LogP contribution in [0.5, 0.6) is 5.75 Å². The van der Waals surface area contributed by atoms with Crippen LogP contribution in [-0.4, -0.2) is 43.1 Å². The van der Waals surface area contributed by atoms with Crippen molar-refractivity contribution >= 4 is 5.91 Å². The summed E-state index contributed by atoms with van der Waals surface area (Å²) in [6.07, 6.45) is 0. The Morgan fingerprint density at radius 1 is 1.47 bits per heavy atom. The van der Waals surface area contributed by atoms with E-state index in [0.717, 1.165) is 6.54 Å². The molecule has 2 unspecified atom stereocenters. The molecule has 1 aliphatic rings. The summed E-state index contributed by atoms with van der Waals surface area (Å²) in [4.78, 5) is 14.1. The largest absolute Gasteiger partial charge is 0.497 e. The van der Waals surface area contributed by atoms with Gasteiger partial charge in [-0.05, 0) is 26.0 Å². The van der Waals surface area contributed by atoms with Crippen molar-refractivity contribution in [2.75, 3.05) is 20.2 Å². The molecule has 1 fully saturated rings. The second-order valence-corrected chi connectivity index (χ2v) is 4.96. The van der Waals surface area contributed by atoms with Gasteiger partial charge in [-0.25, -0.2) is 4.39 Å². The second-order valence-electron chi connectivity index (χ2n) is 4.96. The van der Waals surface area contributed by atoms with Gasteiger partial charge in [-0.1, -0.05) is 0 Å². The number of carbonyl (C=O) groups is 1. The Balaban J connectivity index is 2.23. The van der Waals surface area contributed by atoms with Crippen molar-refractivity contribution in [3.05, 3.63) is 29.6 Å². The Bertz CT molecular complexity index is 479. The normalized spacial score (nSPS) is 23.3. The fourth-order valence-electron chi connectivity index (χ4n) is 2.26. The van der Waals surface area contributed by atoms with Gasteiger partial charge < -0.3 is 15.0 Å². The van der Waals surface area contributed by atoms with Crippen LogP contribution in [0.3, 0.4) is 0 Å². The van der Waals surface area contributed by atoms with E-state index in [1.807, 2.05) is 13.8 Å². The molecule has 19 heavy (non-hydrogen) atoms. The van der Waals surface area contributed by atoms with Gasteiger partial charge in [0.1, 0.15) is 11.6 Å². The SMILES string of the molecule is COc1ccc(C(=O)N2CC(C)NCC2C)c(F)c1. The highest BCUT2D eigenvalue weighted by molar-refractivity contribution is 5.95. The molecule has 0 saturated carbocycles. The lowest BCUT2D eigenvalue weighted by molar-refractivity contribution is 0.0611. The van der Waals surface area contributed by atoms with Gasteiger partial charge in [0.15, 0.2) is 0 Å². The van der Waals surface area contributed by atoms with Crippen LogP contribution in [0.15, 0.2) is 18.2 Å². The number of rotatable bonds is 2. The Kier molecular flexibility index (Phi) is 4.04. The van der Waals surface area contributed by atoms with Crippen molar-refractivity contribution in [2.24, 2.45) is 0 Å². The number of nitrogens with zero attached hydrogens (tertiary/aromatic N) is 1. The summed E-state index contributed by atoms with van der Waals surface area (Å²) >= 11 is 0. The average Bonchev–Trinajstić information content (AvgIpc) is 2.40. The molecule has 1 saturated heterocycles. The van der Waals surface area contributed by atoms with Crippen LogP contribution in [0.1, 0.15) is 24.2 Å². The minimum absolute atomic E-state index is 0.0604. The minimum Gasteiger partial charge on any atom is -0.497 e. The maximum absolute atomic E-state index is 13.9. The summed E-state index contributed by atoms with van der Waals surface area (Å²) in [6, 6.07) is 4.61. The van der Waals surface area contributed by atoms with Gasteiger partial charge in [-0.3, -0.25) is 4.79 Å². The first-order chi connectivity index (χ1) is 9.02. The van der Waals surface area contributed by atoms with Crippen LogP contribution in [0.4, 0.5) is 4.39 Å². The van der Waals surface area contributed by atoms with Crippen LogP contribution >= 0.6 is 0 Å². The van der Waals surface area contributed by atoms with Crippen molar-refractivity contribution in [1.29, 1.82) is 0 Å². The first-order valence-electron chi connectivity index (χ1n) is 6.40. The standard InChI is InChI=1S/C14H19FN2O2/c1-9-8-17(10(2)7-16-9)14(18)12-5-4-11(19-3)6-13(12)15/h4-6,9-10,16H,7-8H2,1-3H3. The van der Waals surface area contributed by atoms with Gasteiger partial charge in [-0.2, -0.15) is 0 Å². The number of hydrogen-bond acceptors (Lipinski definition) is 3. The molecular weight excluding hydrogens is 247 g/mol. The number of halogens is 1. The van der Waals surface area contributed by atoms with E-state index < -0.39 is 5.82 Å². The average molecular weight is 266 g/mol. The highest BCUT2D eigenvalue weighted by atomic mass is 19.1. The van der Waals surface area contributed by atoms with Crippen molar-refractivity contribution in [1.82, 2.24) is 10.2 Å². The molecule has 0 radical (unpaired) electrons. The molecule has 2 rings (SSSR count). The Labute approximate surface area is 112 Å². The van der Waals surface area contributed by atoms with E-state index in [1.165, 1.54) is 19.2 Å². The monoisotopic (exact) mass is 266 g/mol. The Hall–Kier alpha value is -1.62. The summed E-state index contributed by atoms with van der Waals surface area (Å²) in [5.74, 6) is -0.389. The summed E-state index contributed by atoms with van der Waals surface area (Å²) in [5, 5.41) is 3.29. The quantitative estimate of drug-likeness (QED) is 0.885. The van der Waals surface area contributed by atoms with Crippen LogP contribution in [-0.2, 0) is 0 Å². The molecule has 1 amide bonds. The minimum atomic E-state index is -0.539. The van der Waals surface area contributed by atoms with Crippen LogP contribution < -0.4 is 10.1 Å². The fourth-order valence-corrected chi connectivity index (χ4v) is 2.26. The van der Waals surface area contributed by atoms with E-state index in [4.69, 9.17) is 4.74 Å². The lowest BCUT2D eigenvalue weighted by Crippen LogP contribution is -2.56. The predicted molar refractivity (Wildman–Crippen MR) is 70.9 cm³/mol. The zero-order chi connectivity index (χ0) is 14.0. The topological polar surface area (TPSA) is 41.6 Å². The zero-order valence-electron chi connectivity index (χ0n) is 11.4. The predicted octanol–water partition coefficient (Wildman–Crippen LogP) is 1.66. The number of methoxy groups -OCH3 is 1. The van der Waals surface area contributed by atoms with E-state index >= 15 is 0 Å². The lowest BCUT2D eigenvalue weighted by atomic mass is 10.1. The summed E-state index contributed by atoms with van der Waals surface area (Å²) in [6.45, 7) is 5.28. The molecule has 2 atom stereocenters. The third-order valence-corrected chi connectivity index (χ3v) is 3.43. The van der Waals surface area contributed by atoms with E-state index in [-0.39, 0.29) is 23.6 Å². The molecule has 0 bridgehead atoms. The van der Waals surface area contributed by atoms with Gasteiger partial charge >= 0.3 is 0 Å². The van der Waals surface area contributed by atoms with E-state index in [0.29, 0.717) is 12.3 Å². The molecule has 0 spiro atoms. The molecule has 1 N–H and O–H groups in total. The summed E-state index contributed by atoms with van der Waals surface area (Å²) in [7, 11) is 1.47. The molecule has 4 nitrogen and oxygen atoms in total.